The third kappa shape index (κ3) is 3.22. The standard InChI is InChI=1S/C17H32N2O2S/c1-11(2)13(4)19-15-7-12(3)17(19)9-14(8-15)10-18-22(20,21)16-5-6-16/h11-18H,5-10H2,1-4H3/t12-,13?,14?,15?,17?/m1/s1. The summed E-state index contributed by atoms with van der Waals surface area (Å²) in [6.45, 7) is 10.0. The van der Waals surface area contributed by atoms with Gasteiger partial charge in [-0.3, -0.25) is 4.90 Å². The Kier molecular flexibility index (Phi) is 4.61. The first-order valence-corrected chi connectivity index (χ1v) is 10.6. The maximum atomic E-state index is 12.0. The van der Waals surface area contributed by atoms with E-state index in [-0.39, 0.29) is 5.25 Å². The number of hydrogen-bond acceptors (Lipinski definition) is 3. The molecule has 1 saturated carbocycles. The Hall–Kier alpha value is -0.130. The normalized spacial score (nSPS) is 37.7. The monoisotopic (exact) mass is 328 g/mol. The van der Waals surface area contributed by atoms with Gasteiger partial charge < -0.3 is 0 Å². The van der Waals surface area contributed by atoms with Crippen molar-refractivity contribution in [3.8, 4) is 0 Å². The quantitative estimate of drug-likeness (QED) is 0.815. The summed E-state index contributed by atoms with van der Waals surface area (Å²) in [7, 11) is -3.02. The fourth-order valence-corrected chi connectivity index (χ4v) is 6.00. The molecular formula is C17H32N2O2S. The van der Waals surface area contributed by atoms with Gasteiger partial charge in [0.05, 0.1) is 5.25 Å². The van der Waals surface area contributed by atoms with Crippen molar-refractivity contribution in [1.29, 1.82) is 0 Å². The second-order valence-electron chi connectivity index (χ2n) is 8.30. The van der Waals surface area contributed by atoms with Gasteiger partial charge in [-0.1, -0.05) is 20.8 Å². The van der Waals surface area contributed by atoms with Crippen molar-refractivity contribution in [1.82, 2.24) is 9.62 Å². The molecule has 4 nitrogen and oxygen atoms in total. The molecule has 1 aliphatic carbocycles. The van der Waals surface area contributed by atoms with Crippen molar-refractivity contribution in [3.63, 3.8) is 0 Å². The van der Waals surface area contributed by atoms with E-state index in [2.05, 4.69) is 37.3 Å². The number of sulfonamides is 1. The molecule has 3 aliphatic rings. The predicted molar refractivity (Wildman–Crippen MR) is 90.2 cm³/mol. The molecule has 3 rings (SSSR count). The molecule has 0 aromatic heterocycles. The highest BCUT2D eigenvalue weighted by Crippen LogP contribution is 2.44. The van der Waals surface area contributed by atoms with Gasteiger partial charge >= 0.3 is 0 Å². The zero-order valence-corrected chi connectivity index (χ0v) is 15.3. The summed E-state index contributed by atoms with van der Waals surface area (Å²) in [4.78, 5) is 2.75. The molecule has 4 unspecified atom stereocenters. The lowest BCUT2D eigenvalue weighted by molar-refractivity contribution is 0.0413. The molecule has 0 aromatic carbocycles. The number of nitrogens with zero attached hydrogens (tertiary/aromatic N) is 1. The third-order valence-electron chi connectivity index (χ3n) is 6.26. The Morgan fingerprint density at radius 1 is 1.14 bits per heavy atom. The molecule has 0 radical (unpaired) electrons. The smallest absolute Gasteiger partial charge is 0.214 e. The summed E-state index contributed by atoms with van der Waals surface area (Å²) in [6, 6.07) is 1.93. The summed E-state index contributed by atoms with van der Waals surface area (Å²) >= 11 is 0. The molecule has 0 spiro atoms. The van der Waals surface area contributed by atoms with Crippen LogP contribution in [0.3, 0.4) is 0 Å². The Morgan fingerprint density at radius 3 is 2.36 bits per heavy atom. The maximum Gasteiger partial charge on any atom is 0.214 e. The van der Waals surface area contributed by atoms with Gasteiger partial charge in [0, 0.05) is 24.7 Å². The maximum absolute atomic E-state index is 12.0. The second-order valence-corrected chi connectivity index (χ2v) is 10.3. The van der Waals surface area contributed by atoms with Gasteiger partial charge in [-0.2, -0.15) is 0 Å². The minimum absolute atomic E-state index is 0.0933. The molecule has 5 atom stereocenters. The summed E-state index contributed by atoms with van der Waals surface area (Å²) < 4.78 is 26.9. The number of nitrogens with one attached hydrogen (secondary N) is 1. The first-order chi connectivity index (χ1) is 10.3. The molecule has 128 valence electrons. The molecule has 0 aromatic rings. The predicted octanol–water partition coefficient (Wildman–Crippen LogP) is 2.60. The van der Waals surface area contributed by atoms with E-state index in [0.717, 1.165) is 31.6 Å². The first-order valence-electron chi connectivity index (χ1n) is 9.05. The molecule has 2 heterocycles. The minimum Gasteiger partial charge on any atom is -0.294 e. The minimum atomic E-state index is -3.02. The van der Waals surface area contributed by atoms with E-state index in [4.69, 9.17) is 0 Å². The van der Waals surface area contributed by atoms with Crippen LogP contribution in [0.4, 0.5) is 0 Å². The highest BCUT2D eigenvalue weighted by atomic mass is 32.2. The van der Waals surface area contributed by atoms with E-state index in [0.29, 0.717) is 36.5 Å². The molecule has 5 heteroatoms. The highest BCUT2D eigenvalue weighted by Gasteiger charge is 2.47. The van der Waals surface area contributed by atoms with Crippen molar-refractivity contribution in [2.45, 2.75) is 83.2 Å². The number of hydrogen-bond donors (Lipinski definition) is 1. The first kappa shape index (κ1) is 16.7. The molecule has 2 saturated heterocycles. The second kappa shape index (κ2) is 6.06. The van der Waals surface area contributed by atoms with Crippen molar-refractivity contribution in [2.75, 3.05) is 6.54 Å². The van der Waals surface area contributed by atoms with Crippen LogP contribution in [0.25, 0.3) is 0 Å². The molecule has 2 bridgehead atoms. The molecule has 1 N–H and O–H groups in total. The lowest BCUT2D eigenvalue weighted by Gasteiger charge is -2.44. The van der Waals surface area contributed by atoms with Crippen LogP contribution >= 0.6 is 0 Å². The molecular weight excluding hydrogens is 296 g/mol. The topological polar surface area (TPSA) is 49.4 Å². The summed E-state index contributed by atoms with van der Waals surface area (Å²) in [5.41, 5.74) is 0. The van der Waals surface area contributed by atoms with Crippen LogP contribution in [-0.2, 0) is 10.0 Å². The molecule has 3 fully saturated rings. The van der Waals surface area contributed by atoms with Crippen LogP contribution in [-0.4, -0.2) is 43.2 Å². The highest BCUT2D eigenvalue weighted by molar-refractivity contribution is 7.90. The Labute approximate surface area is 136 Å². The Morgan fingerprint density at radius 2 is 1.82 bits per heavy atom. The summed E-state index contributed by atoms with van der Waals surface area (Å²) in [5, 5.41) is -0.0933. The zero-order chi connectivity index (χ0) is 16.1. The van der Waals surface area contributed by atoms with E-state index >= 15 is 0 Å². The van der Waals surface area contributed by atoms with Crippen molar-refractivity contribution < 1.29 is 8.42 Å². The number of fused-ring (bicyclic) bond motifs is 2. The van der Waals surface area contributed by atoms with Crippen LogP contribution in [0.2, 0.25) is 0 Å². The van der Waals surface area contributed by atoms with Crippen molar-refractivity contribution in [2.24, 2.45) is 17.8 Å². The number of rotatable bonds is 6. The Balaban J connectivity index is 1.61. The lowest BCUT2D eigenvalue weighted by Crippen LogP contribution is -2.51. The molecule has 22 heavy (non-hydrogen) atoms. The SMILES string of the molecule is CC(C)C(C)N1C2CC(CNS(=O)(=O)C3CC3)CC1[C@H](C)C2. The third-order valence-corrected chi connectivity index (χ3v) is 8.18. The molecule has 0 amide bonds. The van der Waals surface area contributed by atoms with Gasteiger partial charge in [-0.25, -0.2) is 13.1 Å². The van der Waals surface area contributed by atoms with Crippen LogP contribution in [0, 0.1) is 17.8 Å². The van der Waals surface area contributed by atoms with Crippen LogP contribution in [0.1, 0.15) is 59.8 Å². The van der Waals surface area contributed by atoms with Gasteiger partial charge in [0.15, 0.2) is 0 Å². The van der Waals surface area contributed by atoms with Gasteiger partial charge in [0.2, 0.25) is 10.0 Å². The average Bonchev–Trinajstić information content (AvgIpc) is 3.26. The van der Waals surface area contributed by atoms with Crippen LogP contribution in [0.15, 0.2) is 0 Å². The largest absolute Gasteiger partial charge is 0.294 e. The van der Waals surface area contributed by atoms with Crippen molar-refractivity contribution in [3.05, 3.63) is 0 Å². The van der Waals surface area contributed by atoms with Crippen LogP contribution < -0.4 is 4.72 Å². The van der Waals surface area contributed by atoms with E-state index < -0.39 is 10.0 Å². The number of piperidine rings is 1. The fraction of sp³-hybridized carbons (Fsp3) is 1.00. The average molecular weight is 329 g/mol. The van der Waals surface area contributed by atoms with E-state index in [1.54, 1.807) is 0 Å². The molecule has 2 aliphatic heterocycles. The van der Waals surface area contributed by atoms with Gasteiger partial charge in [0.1, 0.15) is 0 Å². The lowest BCUT2D eigenvalue weighted by atomic mass is 9.87. The van der Waals surface area contributed by atoms with Gasteiger partial charge in [0.25, 0.3) is 0 Å². The van der Waals surface area contributed by atoms with Gasteiger partial charge in [-0.15, -0.1) is 0 Å². The fourth-order valence-electron chi connectivity index (χ4n) is 4.54. The van der Waals surface area contributed by atoms with E-state index in [9.17, 15) is 8.42 Å². The van der Waals surface area contributed by atoms with E-state index in [1.807, 2.05) is 0 Å². The van der Waals surface area contributed by atoms with E-state index in [1.165, 1.54) is 6.42 Å². The van der Waals surface area contributed by atoms with Crippen LogP contribution in [0.5, 0.6) is 0 Å². The zero-order valence-electron chi connectivity index (χ0n) is 14.5. The summed E-state index contributed by atoms with van der Waals surface area (Å²) in [5.74, 6) is 1.94. The summed E-state index contributed by atoms with van der Waals surface area (Å²) in [6.07, 6.45) is 5.30. The van der Waals surface area contributed by atoms with Gasteiger partial charge in [-0.05, 0) is 56.8 Å². The Bertz CT molecular complexity index is 501. The van der Waals surface area contributed by atoms with Crippen molar-refractivity contribution >= 4 is 10.0 Å².